The molecule has 0 atom stereocenters. The molecule has 3 nitrogen and oxygen atoms in total. The lowest BCUT2D eigenvalue weighted by atomic mass is 10.0. The number of nitrogens with one attached hydrogen (secondary N) is 1. The molecule has 0 saturated carbocycles. The van der Waals surface area contributed by atoms with Gasteiger partial charge in [-0.3, -0.25) is 4.99 Å². The van der Waals surface area contributed by atoms with E-state index in [2.05, 4.69) is 54.0 Å². The van der Waals surface area contributed by atoms with Gasteiger partial charge in [-0.15, -0.1) is 6.58 Å². The maximum Gasteiger partial charge on any atom is 0.118 e. The van der Waals surface area contributed by atoms with Gasteiger partial charge in [-0.25, -0.2) is 0 Å². The molecule has 1 aliphatic rings. The van der Waals surface area contributed by atoms with Gasteiger partial charge in [0.05, 0.1) is 13.1 Å². The maximum atomic E-state index is 4.49. The van der Waals surface area contributed by atoms with E-state index >= 15 is 0 Å². The Morgan fingerprint density at radius 2 is 2.33 bits per heavy atom. The number of aliphatic imine (C=N–C) groups is 1. The minimum atomic E-state index is 0.796. The van der Waals surface area contributed by atoms with Crippen LogP contribution in [0.25, 0.3) is 0 Å². The minimum Gasteiger partial charge on any atom is -0.378 e. The SMILES string of the molecule is C=CCc1c(C)cccc1NCC1=NCCN1C. The molecule has 0 aliphatic carbocycles. The highest BCUT2D eigenvalue weighted by molar-refractivity contribution is 5.87. The van der Waals surface area contributed by atoms with E-state index in [1.54, 1.807) is 0 Å². The number of nitrogens with zero attached hydrogens (tertiary/aromatic N) is 2. The summed E-state index contributed by atoms with van der Waals surface area (Å²) in [6.45, 7) is 8.72. The number of hydrogen-bond donors (Lipinski definition) is 1. The van der Waals surface area contributed by atoms with Gasteiger partial charge in [0.1, 0.15) is 5.84 Å². The molecule has 18 heavy (non-hydrogen) atoms. The molecule has 1 N–H and O–H groups in total. The summed E-state index contributed by atoms with van der Waals surface area (Å²) in [4.78, 5) is 6.69. The fourth-order valence-electron chi connectivity index (χ4n) is 2.23. The summed E-state index contributed by atoms with van der Waals surface area (Å²) in [5, 5.41) is 3.49. The van der Waals surface area contributed by atoms with Crippen LogP contribution in [0.2, 0.25) is 0 Å². The normalized spacial score (nSPS) is 14.6. The molecule has 1 heterocycles. The highest BCUT2D eigenvalue weighted by atomic mass is 15.2. The average molecular weight is 243 g/mol. The molecule has 0 spiro atoms. The van der Waals surface area contributed by atoms with Crippen LogP contribution in [0.5, 0.6) is 0 Å². The van der Waals surface area contributed by atoms with Crippen molar-refractivity contribution in [3.63, 3.8) is 0 Å². The zero-order valence-electron chi connectivity index (χ0n) is 11.2. The number of aryl methyl sites for hydroxylation is 1. The van der Waals surface area contributed by atoms with Crippen molar-refractivity contribution in [2.75, 3.05) is 32.0 Å². The second-order valence-corrected chi connectivity index (χ2v) is 4.67. The second-order valence-electron chi connectivity index (χ2n) is 4.67. The monoisotopic (exact) mass is 243 g/mol. The lowest BCUT2D eigenvalue weighted by molar-refractivity contribution is 0.551. The van der Waals surface area contributed by atoms with Crippen LogP contribution in [-0.4, -0.2) is 37.4 Å². The molecular formula is C15H21N3. The Morgan fingerprint density at radius 1 is 1.50 bits per heavy atom. The van der Waals surface area contributed by atoms with Gasteiger partial charge in [0.15, 0.2) is 0 Å². The van der Waals surface area contributed by atoms with Crippen molar-refractivity contribution >= 4 is 11.5 Å². The Kier molecular flexibility index (Phi) is 4.03. The van der Waals surface area contributed by atoms with Gasteiger partial charge < -0.3 is 10.2 Å². The average Bonchev–Trinajstić information content (AvgIpc) is 2.76. The molecule has 0 radical (unpaired) electrons. The third kappa shape index (κ3) is 2.73. The molecule has 0 fully saturated rings. The summed E-state index contributed by atoms with van der Waals surface area (Å²) >= 11 is 0. The first-order chi connectivity index (χ1) is 8.72. The van der Waals surface area contributed by atoms with E-state index in [0.29, 0.717) is 0 Å². The molecule has 1 aromatic rings. The molecule has 0 saturated heterocycles. The summed E-state index contributed by atoms with van der Waals surface area (Å²) in [6.07, 6.45) is 2.85. The largest absolute Gasteiger partial charge is 0.378 e. The summed E-state index contributed by atoms with van der Waals surface area (Å²) in [5.74, 6) is 1.14. The topological polar surface area (TPSA) is 27.6 Å². The number of benzene rings is 1. The number of hydrogen-bond acceptors (Lipinski definition) is 3. The Labute approximate surface area is 109 Å². The maximum absolute atomic E-state index is 4.49. The van der Waals surface area contributed by atoms with Gasteiger partial charge in [-0.1, -0.05) is 18.2 Å². The van der Waals surface area contributed by atoms with Crippen LogP contribution in [0.3, 0.4) is 0 Å². The number of amidine groups is 1. The van der Waals surface area contributed by atoms with Crippen molar-refractivity contribution < 1.29 is 0 Å². The highest BCUT2D eigenvalue weighted by Gasteiger charge is 2.12. The molecule has 0 unspecified atom stereocenters. The van der Waals surface area contributed by atoms with E-state index in [0.717, 1.165) is 31.9 Å². The van der Waals surface area contributed by atoms with Crippen LogP contribution in [-0.2, 0) is 6.42 Å². The van der Waals surface area contributed by atoms with Gasteiger partial charge in [0, 0.05) is 19.3 Å². The van der Waals surface area contributed by atoms with Crippen LogP contribution in [0, 0.1) is 6.92 Å². The highest BCUT2D eigenvalue weighted by Crippen LogP contribution is 2.20. The Balaban J connectivity index is 2.09. The number of likely N-dealkylation sites (N-methyl/N-ethyl adjacent to an activating group) is 1. The Morgan fingerprint density at radius 3 is 3.00 bits per heavy atom. The van der Waals surface area contributed by atoms with Crippen molar-refractivity contribution in [2.45, 2.75) is 13.3 Å². The van der Waals surface area contributed by atoms with Crippen LogP contribution in [0.4, 0.5) is 5.69 Å². The molecule has 0 aromatic heterocycles. The van der Waals surface area contributed by atoms with Gasteiger partial charge >= 0.3 is 0 Å². The zero-order valence-corrected chi connectivity index (χ0v) is 11.2. The van der Waals surface area contributed by atoms with Gasteiger partial charge in [-0.05, 0) is 30.5 Å². The van der Waals surface area contributed by atoms with Crippen LogP contribution in [0.1, 0.15) is 11.1 Å². The van der Waals surface area contributed by atoms with E-state index in [4.69, 9.17) is 0 Å². The third-order valence-corrected chi connectivity index (χ3v) is 3.37. The van der Waals surface area contributed by atoms with Crippen LogP contribution < -0.4 is 5.32 Å². The molecule has 1 aliphatic heterocycles. The molecule has 96 valence electrons. The summed E-state index contributed by atoms with van der Waals surface area (Å²) in [7, 11) is 2.09. The first-order valence-corrected chi connectivity index (χ1v) is 6.40. The van der Waals surface area contributed by atoms with Crippen LogP contribution >= 0.6 is 0 Å². The van der Waals surface area contributed by atoms with E-state index in [9.17, 15) is 0 Å². The Hall–Kier alpha value is -1.77. The number of allylic oxidation sites excluding steroid dienone is 1. The molecular weight excluding hydrogens is 222 g/mol. The Bertz CT molecular complexity index is 463. The van der Waals surface area contributed by atoms with Crippen molar-refractivity contribution in [3.8, 4) is 0 Å². The second kappa shape index (κ2) is 5.71. The van der Waals surface area contributed by atoms with E-state index in [1.165, 1.54) is 16.8 Å². The lowest BCUT2D eigenvalue weighted by Gasteiger charge is -2.17. The molecule has 1 aromatic carbocycles. The standard InChI is InChI=1S/C15H21N3/c1-4-6-13-12(2)7-5-8-14(13)17-11-15-16-9-10-18(15)3/h4-5,7-8,17H,1,6,9-11H2,2-3H3. The predicted octanol–water partition coefficient (Wildman–Crippen LogP) is 2.48. The lowest BCUT2D eigenvalue weighted by Crippen LogP contribution is -2.29. The van der Waals surface area contributed by atoms with Crippen molar-refractivity contribution in [3.05, 3.63) is 42.0 Å². The summed E-state index contributed by atoms with van der Waals surface area (Å²) < 4.78 is 0. The van der Waals surface area contributed by atoms with E-state index in [1.807, 2.05) is 6.08 Å². The molecule has 3 heteroatoms. The van der Waals surface area contributed by atoms with E-state index in [-0.39, 0.29) is 0 Å². The first-order valence-electron chi connectivity index (χ1n) is 6.40. The molecule has 2 rings (SSSR count). The van der Waals surface area contributed by atoms with Crippen molar-refractivity contribution in [2.24, 2.45) is 4.99 Å². The van der Waals surface area contributed by atoms with Gasteiger partial charge in [0.2, 0.25) is 0 Å². The summed E-state index contributed by atoms with van der Waals surface area (Å²) in [5.41, 5.74) is 3.83. The molecule has 0 amide bonds. The zero-order chi connectivity index (χ0) is 13.0. The van der Waals surface area contributed by atoms with E-state index < -0.39 is 0 Å². The molecule has 0 bridgehead atoms. The number of anilines is 1. The fraction of sp³-hybridized carbons (Fsp3) is 0.400. The quantitative estimate of drug-likeness (QED) is 0.805. The number of rotatable bonds is 5. The minimum absolute atomic E-state index is 0.796. The van der Waals surface area contributed by atoms with Gasteiger partial charge in [0.25, 0.3) is 0 Å². The van der Waals surface area contributed by atoms with Crippen molar-refractivity contribution in [1.82, 2.24) is 4.90 Å². The smallest absolute Gasteiger partial charge is 0.118 e. The van der Waals surface area contributed by atoms with Crippen molar-refractivity contribution in [1.29, 1.82) is 0 Å². The van der Waals surface area contributed by atoms with Gasteiger partial charge in [-0.2, -0.15) is 0 Å². The first kappa shape index (κ1) is 12.7. The predicted molar refractivity (Wildman–Crippen MR) is 78.5 cm³/mol. The fourth-order valence-corrected chi connectivity index (χ4v) is 2.23. The van der Waals surface area contributed by atoms with Crippen LogP contribution in [0.15, 0.2) is 35.8 Å². The third-order valence-electron chi connectivity index (χ3n) is 3.37. The summed E-state index contributed by atoms with van der Waals surface area (Å²) in [6, 6.07) is 6.36.